The van der Waals surface area contributed by atoms with Crippen LogP contribution in [0.4, 0.5) is 4.39 Å². The van der Waals surface area contributed by atoms with E-state index in [-0.39, 0.29) is 5.82 Å². The molecule has 0 spiro atoms. The predicted molar refractivity (Wildman–Crippen MR) is 84.1 cm³/mol. The molecule has 2 aromatic rings. The fourth-order valence-corrected chi connectivity index (χ4v) is 3.66. The van der Waals surface area contributed by atoms with Gasteiger partial charge in [-0.3, -0.25) is 0 Å². The van der Waals surface area contributed by atoms with Gasteiger partial charge in [-0.15, -0.1) is 11.3 Å². The molecule has 19 heavy (non-hydrogen) atoms. The Morgan fingerprint density at radius 1 is 1.21 bits per heavy atom. The van der Waals surface area contributed by atoms with E-state index >= 15 is 0 Å². The molecule has 1 nitrogen and oxygen atoms in total. The Morgan fingerprint density at radius 3 is 2.53 bits per heavy atom. The summed E-state index contributed by atoms with van der Waals surface area (Å²) in [4.78, 5) is 2.39. The zero-order valence-electron chi connectivity index (χ0n) is 11.2. The molecule has 0 amide bonds. The Morgan fingerprint density at radius 2 is 1.95 bits per heavy atom. The number of halogens is 2. The lowest BCUT2D eigenvalue weighted by Crippen LogP contribution is -2.20. The molecule has 1 atom stereocenters. The van der Waals surface area contributed by atoms with Crippen LogP contribution in [-0.4, -0.2) is 7.05 Å². The summed E-state index contributed by atoms with van der Waals surface area (Å²) in [5, 5.41) is 3.33. The number of thiophene rings is 1. The number of benzene rings is 1. The molecule has 2 rings (SSSR count). The van der Waals surface area contributed by atoms with Crippen molar-refractivity contribution in [2.24, 2.45) is 5.92 Å². The number of hydrogen-bond donors (Lipinski definition) is 1. The molecule has 0 aliphatic rings. The van der Waals surface area contributed by atoms with Crippen molar-refractivity contribution in [2.45, 2.75) is 19.9 Å². The lowest BCUT2D eigenvalue weighted by atomic mass is 10.0. The molecule has 1 N–H and O–H groups in total. The molecule has 1 aromatic heterocycles. The average Bonchev–Trinajstić information content (AvgIpc) is 2.82. The van der Waals surface area contributed by atoms with Crippen molar-refractivity contribution in [1.82, 2.24) is 5.32 Å². The maximum absolute atomic E-state index is 13.6. The van der Waals surface area contributed by atoms with Crippen molar-refractivity contribution in [3.05, 3.63) is 45.5 Å². The second-order valence-electron chi connectivity index (χ2n) is 4.84. The molecule has 4 heteroatoms. The van der Waals surface area contributed by atoms with Crippen LogP contribution in [0.1, 0.15) is 24.8 Å². The lowest BCUT2D eigenvalue weighted by Gasteiger charge is -2.18. The SMILES string of the molecule is CNC(c1ccc(-c2ccc(Br)c(F)c2)s1)C(C)C. The number of hydrogen-bond acceptors (Lipinski definition) is 2. The molecule has 1 aromatic carbocycles. The van der Waals surface area contributed by atoms with Crippen LogP contribution >= 0.6 is 27.3 Å². The van der Waals surface area contributed by atoms with E-state index in [1.165, 1.54) is 4.88 Å². The maximum atomic E-state index is 13.6. The van der Waals surface area contributed by atoms with Crippen LogP contribution in [0.3, 0.4) is 0 Å². The van der Waals surface area contributed by atoms with Gasteiger partial charge in [0.15, 0.2) is 0 Å². The second kappa shape index (κ2) is 6.16. The van der Waals surface area contributed by atoms with Gasteiger partial charge in [0.2, 0.25) is 0 Å². The summed E-state index contributed by atoms with van der Waals surface area (Å²) in [5.74, 6) is 0.305. The normalized spacial score (nSPS) is 12.9. The van der Waals surface area contributed by atoms with E-state index in [1.807, 2.05) is 13.1 Å². The van der Waals surface area contributed by atoms with Crippen molar-refractivity contribution in [2.75, 3.05) is 7.05 Å². The highest BCUT2D eigenvalue weighted by Gasteiger charge is 2.16. The van der Waals surface area contributed by atoms with Gasteiger partial charge < -0.3 is 5.32 Å². The lowest BCUT2D eigenvalue weighted by molar-refractivity contribution is 0.449. The van der Waals surface area contributed by atoms with Gasteiger partial charge in [-0.1, -0.05) is 19.9 Å². The van der Waals surface area contributed by atoms with Crippen LogP contribution in [0, 0.1) is 11.7 Å². The highest BCUT2D eigenvalue weighted by atomic mass is 79.9. The molecule has 1 heterocycles. The third-order valence-corrected chi connectivity index (χ3v) is 4.98. The summed E-state index contributed by atoms with van der Waals surface area (Å²) in [6, 6.07) is 9.80. The molecule has 0 saturated heterocycles. The van der Waals surface area contributed by atoms with E-state index in [0.29, 0.717) is 16.4 Å². The van der Waals surface area contributed by atoms with Crippen LogP contribution in [0.15, 0.2) is 34.8 Å². The summed E-state index contributed by atoms with van der Waals surface area (Å²) in [7, 11) is 1.98. The second-order valence-corrected chi connectivity index (χ2v) is 6.81. The quantitative estimate of drug-likeness (QED) is 0.802. The number of nitrogens with one attached hydrogen (secondary N) is 1. The minimum atomic E-state index is -0.221. The van der Waals surface area contributed by atoms with E-state index in [0.717, 1.165) is 10.4 Å². The van der Waals surface area contributed by atoms with Crippen molar-refractivity contribution < 1.29 is 4.39 Å². The van der Waals surface area contributed by atoms with Crippen molar-refractivity contribution >= 4 is 27.3 Å². The fourth-order valence-electron chi connectivity index (χ4n) is 2.13. The van der Waals surface area contributed by atoms with Crippen molar-refractivity contribution in [3.63, 3.8) is 0 Å². The molecule has 0 bridgehead atoms. The highest BCUT2D eigenvalue weighted by Crippen LogP contribution is 2.35. The molecule has 0 aliphatic heterocycles. The van der Waals surface area contributed by atoms with Crippen LogP contribution < -0.4 is 5.32 Å². The Kier molecular flexibility index (Phi) is 4.76. The first-order valence-electron chi connectivity index (χ1n) is 6.25. The van der Waals surface area contributed by atoms with Crippen LogP contribution in [0.5, 0.6) is 0 Å². The summed E-state index contributed by atoms with van der Waals surface area (Å²) in [6.45, 7) is 4.39. The molecule has 102 valence electrons. The third kappa shape index (κ3) is 3.25. The first kappa shape index (κ1) is 14.7. The van der Waals surface area contributed by atoms with Crippen LogP contribution in [0.25, 0.3) is 10.4 Å². The fraction of sp³-hybridized carbons (Fsp3) is 0.333. The smallest absolute Gasteiger partial charge is 0.138 e. The Hall–Kier alpha value is -0.710. The van der Waals surface area contributed by atoms with Gasteiger partial charge in [0.25, 0.3) is 0 Å². The Bertz CT molecular complexity index is 565. The standard InChI is InChI=1S/C15H17BrFNS/c1-9(2)15(18-3)14-7-6-13(19-14)10-4-5-11(16)12(17)8-10/h4-9,15,18H,1-3H3. The zero-order chi connectivity index (χ0) is 14.0. The predicted octanol–water partition coefficient (Wildman–Crippen LogP) is 5.23. The van der Waals surface area contributed by atoms with E-state index in [9.17, 15) is 4.39 Å². The highest BCUT2D eigenvalue weighted by molar-refractivity contribution is 9.10. The molecule has 0 fully saturated rings. The minimum Gasteiger partial charge on any atom is -0.312 e. The van der Waals surface area contributed by atoms with E-state index in [2.05, 4.69) is 47.2 Å². The summed E-state index contributed by atoms with van der Waals surface area (Å²) >= 11 is 4.90. The third-order valence-electron chi connectivity index (χ3n) is 3.12. The van der Waals surface area contributed by atoms with Gasteiger partial charge in [-0.05, 0) is 58.7 Å². The Labute approximate surface area is 126 Å². The monoisotopic (exact) mass is 341 g/mol. The van der Waals surface area contributed by atoms with Gasteiger partial charge in [0.1, 0.15) is 5.82 Å². The van der Waals surface area contributed by atoms with Crippen LogP contribution in [0.2, 0.25) is 0 Å². The topological polar surface area (TPSA) is 12.0 Å². The first-order valence-corrected chi connectivity index (χ1v) is 7.86. The summed E-state index contributed by atoms with van der Waals surface area (Å²) in [6.07, 6.45) is 0. The molecular weight excluding hydrogens is 325 g/mol. The molecular formula is C15H17BrFNS. The van der Waals surface area contributed by atoms with Crippen molar-refractivity contribution in [1.29, 1.82) is 0 Å². The zero-order valence-corrected chi connectivity index (χ0v) is 13.6. The largest absolute Gasteiger partial charge is 0.312 e. The minimum absolute atomic E-state index is 0.221. The van der Waals surface area contributed by atoms with Crippen molar-refractivity contribution in [3.8, 4) is 10.4 Å². The van der Waals surface area contributed by atoms with Gasteiger partial charge in [0, 0.05) is 15.8 Å². The van der Waals surface area contributed by atoms with Gasteiger partial charge in [-0.25, -0.2) is 4.39 Å². The number of rotatable bonds is 4. The molecule has 0 radical (unpaired) electrons. The maximum Gasteiger partial charge on any atom is 0.138 e. The van der Waals surface area contributed by atoms with Crippen LogP contribution in [-0.2, 0) is 0 Å². The summed E-state index contributed by atoms with van der Waals surface area (Å²) in [5.41, 5.74) is 0.926. The van der Waals surface area contributed by atoms with E-state index in [1.54, 1.807) is 23.5 Å². The van der Waals surface area contributed by atoms with E-state index < -0.39 is 0 Å². The first-order chi connectivity index (χ1) is 9.02. The summed E-state index contributed by atoms with van der Waals surface area (Å²) < 4.78 is 14.1. The Balaban J connectivity index is 2.32. The van der Waals surface area contributed by atoms with Gasteiger partial charge in [-0.2, -0.15) is 0 Å². The molecule has 0 saturated carbocycles. The molecule has 1 unspecified atom stereocenters. The van der Waals surface area contributed by atoms with E-state index in [4.69, 9.17) is 0 Å². The van der Waals surface area contributed by atoms with Gasteiger partial charge in [0.05, 0.1) is 4.47 Å². The van der Waals surface area contributed by atoms with Gasteiger partial charge >= 0.3 is 0 Å². The average molecular weight is 342 g/mol. The molecule has 0 aliphatic carbocycles.